The van der Waals surface area contributed by atoms with Gasteiger partial charge in [-0.25, -0.2) is 0 Å². The molecule has 1 heterocycles. The highest BCUT2D eigenvalue weighted by molar-refractivity contribution is 5.97. The quantitative estimate of drug-likeness (QED) is 0.597. The summed E-state index contributed by atoms with van der Waals surface area (Å²) in [6.45, 7) is 6.09. The van der Waals surface area contributed by atoms with Crippen molar-refractivity contribution in [1.29, 1.82) is 0 Å². The molecule has 1 saturated heterocycles. The minimum absolute atomic E-state index is 0.0490. The van der Waals surface area contributed by atoms with Crippen LogP contribution in [0.3, 0.4) is 0 Å². The molecule has 3 unspecified atom stereocenters. The van der Waals surface area contributed by atoms with Gasteiger partial charge in [0, 0.05) is 17.6 Å². The summed E-state index contributed by atoms with van der Waals surface area (Å²) in [5.41, 5.74) is -3.83. The third-order valence-electron chi connectivity index (χ3n) is 6.72. The number of alkyl halides is 3. The predicted octanol–water partition coefficient (Wildman–Crippen LogP) is 2.84. The van der Waals surface area contributed by atoms with Crippen LogP contribution in [0.15, 0.2) is 24.3 Å². The normalized spacial score (nSPS) is 24.5. The molecule has 2 fully saturated rings. The Hall–Kier alpha value is -2.62. The molecule has 0 spiro atoms. The smallest absolute Gasteiger partial charge is 0.373 e. The number of nitrogens with zero attached hydrogens (tertiary/aromatic N) is 1. The van der Waals surface area contributed by atoms with Crippen LogP contribution in [-0.4, -0.2) is 57.1 Å². The van der Waals surface area contributed by atoms with Crippen LogP contribution < -0.4 is 10.6 Å². The Morgan fingerprint density at radius 3 is 2.06 bits per heavy atom. The van der Waals surface area contributed by atoms with Gasteiger partial charge >= 0.3 is 6.18 Å². The Balaban J connectivity index is 1.63. The molecule has 10 heteroatoms. The van der Waals surface area contributed by atoms with E-state index < -0.39 is 35.2 Å². The molecule has 0 aromatic heterocycles. The summed E-state index contributed by atoms with van der Waals surface area (Å²) in [4.78, 5) is 39.4. The Morgan fingerprint density at radius 2 is 1.61 bits per heavy atom. The van der Waals surface area contributed by atoms with Crippen molar-refractivity contribution in [3.05, 3.63) is 35.4 Å². The lowest BCUT2D eigenvalue weighted by atomic mass is 10.0. The van der Waals surface area contributed by atoms with E-state index in [0.29, 0.717) is 18.1 Å². The van der Waals surface area contributed by atoms with Crippen molar-refractivity contribution in [2.24, 2.45) is 0 Å². The number of likely N-dealkylation sites (tertiary alicyclic amines) is 1. The molecule has 1 aromatic rings. The minimum atomic E-state index is -5.17. The first-order chi connectivity index (χ1) is 15.2. The minimum Gasteiger partial charge on any atom is -0.373 e. The SMILES string of the molecule is CC1CCC(C)N1C(=O)c1ccc([C@@H](C)NC(=O)C2(NC(=O)C(C)(O)C(F)(F)F)CC2)cc1. The van der Waals surface area contributed by atoms with Gasteiger partial charge in [-0.2, -0.15) is 13.2 Å². The van der Waals surface area contributed by atoms with E-state index >= 15 is 0 Å². The second-order valence-electron chi connectivity index (χ2n) is 9.41. The van der Waals surface area contributed by atoms with E-state index in [1.807, 2.05) is 18.7 Å². The summed E-state index contributed by atoms with van der Waals surface area (Å²) in [7, 11) is 0. The Morgan fingerprint density at radius 1 is 1.09 bits per heavy atom. The summed E-state index contributed by atoms with van der Waals surface area (Å²) in [6, 6.07) is 6.65. The highest BCUT2D eigenvalue weighted by atomic mass is 19.4. The zero-order valence-corrected chi connectivity index (χ0v) is 19.1. The van der Waals surface area contributed by atoms with Gasteiger partial charge in [-0.1, -0.05) is 12.1 Å². The lowest BCUT2D eigenvalue weighted by Gasteiger charge is -2.28. The van der Waals surface area contributed by atoms with Crippen molar-refractivity contribution in [1.82, 2.24) is 15.5 Å². The molecule has 7 nitrogen and oxygen atoms in total. The van der Waals surface area contributed by atoms with Gasteiger partial charge in [0.25, 0.3) is 11.8 Å². The number of amides is 3. The van der Waals surface area contributed by atoms with Gasteiger partial charge in [0.15, 0.2) is 0 Å². The Kier molecular flexibility index (Phi) is 6.54. The number of carbonyl (C=O) groups excluding carboxylic acids is 3. The van der Waals surface area contributed by atoms with Gasteiger partial charge in [0.1, 0.15) is 5.54 Å². The van der Waals surface area contributed by atoms with Crippen LogP contribution in [0.5, 0.6) is 0 Å². The molecule has 3 rings (SSSR count). The number of nitrogens with one attached hydrogen (secondary N) is 2. The van der Waals surface area contributed by atoms with E-state index in [1.165, 1.54) is 0 Å². The van der Waals surface area contributed by atoms with E-state index in [0.717, 1.165) is 12.8 Å². The van der Waals surface area contributed by atoms with Crippen LogP contribution in [-0.2, 0) is 9.59 Å². The van der Waals surface area contributed by atoms with Crippen molar-refractivity contribution in [2.75, 3.05) is 0 Å². The Bertz CT molecular complexity index is 916. The van der Waals surface area contributed by atoms with Crippen LogP contribution in [0.25, 0.3) is 0 Å². The molecule has 0 radical (unpaired) electrons. The number of hydrogen-bond donors (Lipinski definition) is 3. The number of rotatable bonds is 6. The average molecular weight is 470 g/mol. The molecule has 1 aliphatic heterocycles. The number of benzene rings is 1. The zero-order chi connectivity index (χ0) is 24.8. The Labute approximate surface area is 190 Å². The first-order valence-electron chi connectivity index (χ1n) is 11.0. The zero-order valence-electron chi connectivity index (χ0n) is 19.1. The first-order valence-corrected chi connectivity index (χ1v) is 11.0. The highest BCUT2D eigenvalue weighted by Crippen LogP contribution is 2.38. The summed E-state index contributed by atoms with van der Waals surface area (Å²) in [5, 5.41) is 14.3. The summed E-state index contributed by atoms with van der Waals surface area (Å²) < 4.78 is 38.7. The number of aliphatic hydroxyl groups is 1. The lowest BCUT2D eigenvalue weighted by Crippen LogP contribution is -2.60. The van der Waals surface area contributed by atoms with Gasteiger partial charge in [-0.15, -0.1) is 0 Å². The molecule has 4 atom stereocenters. The first kappa shape index (κ1) is 25.0. The van der Waals surface area contributed by atoms with Crippen LogP contribution in [0.4, 0.5) is 13.2 Å². The van der Waals surface area contributed by atoms with E-state index in [4.69, 9.17) is 0 Å². The molecule has 1 saturated carbocycles. The van der Waals surface area contributed by atoms with E-state index in [9.17, 15) is 32.7 Å². The largest absolute Gasteiger partial charge is 0.426 e. The topological polar surface area (TPSA) is 98.7 Å². The highest BCUT2D eigenvalue weighted by Gasteiger charge is 2.60. The fraction of sp³-hybridized carbons (Fsp3) is 0.609. The third-order valence-corrected chi connectivity index (χ3v) is 6.72. The maximum Gasteiger partial charge on any atom is 0.426 e. The summed E-state index contributed by atoms with van der Waals surface area (Å²) >= 11 is 0. The molecule has 3 amide bonds. The fourth-order valence-corrected chi connectivity index (χ4v) is 4.08. The van der Waals surface area contributed by atoms with E-state index in [-0.39, 0.29) is 30.8 Å². The van der Waals surface area contributed by atoms with Gasteiger partial charge in [0.05, 0.1) is 6.04 Å². The van der Waals surface area contributed by atoms with Crippen LogP contribution >= 0.6 is 0 Å². The van der Waals surface area contributed by atoms with Crippen molar-refractivity contribution in [3.8, 4) is 0 Å². The molecule has 3 N–H and O–H groups in total. The lowest BCUT2D eigenvalue weighted by molar-refractivity contribution is -0.245. The molecule has 1 aromatic carbocycles. The third kappa shape index (κ3) is 4.85. The second kappa shape index (κ2) is 8.62. The van der Waals surface area contributed by atoms with Crippen molar-refractivity contribution in [3.63, 3.8) is 0 Å². The standard InChI is InChI=1S/C23H30F3N3O4/c1-13-5-6-14(2)29(13)18(30)17-9-7-16(8-10-17)15(3)27-20(32)22(11-12-22)28-19(31)21(4,33)23(24,25)26/h7-10,13-15,33H,5-6,11-12H2,1-4H3,(H,27,32)(H,28,31)/t13?,14?,15-,21?/m1/s1. The molecule has 0 bridgehead atoms. The average Bonchev–Trinajstić information content (AvgIpc) is 3.44. The molecule has 1 aliphatic carbocycles. The van der Waals surface area contributed by atoms with Gasteiger partial charge in [-0.05, 0) is 71.1 Å². The van der Waals surface area contributed by atoms with Crippen LogP contribution in [0.1, 0.15) is 75.3 Å². The summed E-state index contributed by atoms with van der Waals surface area (Å²) in [5.74, 6) is -2.34. The van der Waals surface area contributed by atoms with Crippen LogP contribution in [0.2, 0.25) is 0 Å². The van der Waals surface area contributed by atoms with Crippen molar-refractivity contribution >= 4 is 17.7 Å². The van der Waals surface area contributed by atoms with Crippen molar-refractivity contribution in [2.45, 2.75) is 88.8 Å². The molecule has 182 valence electrons. The summed E-state index contributed by atoms with van der Waals surface area (Å²) in [6.07, 6.45) is -2.90. The molecular weight excluding hydrogens is 439 g/mol. The monoisotopic (exact) mass is 469 g/mol. The number of hydrogen-bond acceptors (Lipinski definition) is 4. The van der Waals surface area contributed by atoms with Crippen LogP contribution in [0, 0.1) is 0 Å². The maximum atomic E-state index is 12.9. The molecule has 33 heavy (non-hydrogen) atoms. The fourth-order valence-electron chi connectivity index (χ4n) is 4.08. The van der Waals surface area contributed by atoms with Gasteiger partial charge < -0.3 is 20.6 Å². The predicted molar refractivity (Wildman–Crippen MR) is 114 cm³/mol. The second-order valence-corrected chi connectivity index (χ2v) is 9.41. The van der Waals surface area contributed by atoms with E-state index in [1.54, 1.807) is 31.2 Å². The van der Waals surface area contributed by atoms with Crippen molar-refractivity contribution < 1.29 is 32.7 Å². The molecule has 2 aliphatic rings. The van der Waals surface area contributed by atoms with E-state index in [2.05, 4.69) is 10.6 Å². The number of carbonyl (C=O) groups is 3. The maximum absolute atomic E-state index is 12.9. The van der Waals surface area contributed by atoms with Gasteiger partial charge in [-0.3, -0.25) is 14.4 Å². The molecular formula is C23H30F3N3O4. The van der Waals surface area contributed by atoms with Gasteiger partial charge in [0.2, 0.25) is 11.5 Å². The number of halogens is 3.